The van der Waals surface area contributed by atoms with Crippen molar-refractivity contribution in [2.24, 2.45) is 5.41 Å². The van der Waals surface area contributed by atoms with Crippen LogP contribution >= 0.6 is 15.9 Å². The molecule has 3 nitrogen and oxygen atoms in total. The van der Waals surface area contributed by atoms with E-state index in [9.17, 15) is 4.79 Å². The number of hydrogen-bond acceptors (Lipinski definition) is 2. The Kier molecular flexibility index (Phi) is 5.42. The fourth-order valence-corrected chi connectivity index (χ4v) is 4.36. The normalized spacial score (nSPS) is 17.0. The summed E-state index contributed by atoms with van der Waals surface area (Å²) in [6.07, 6.45) is 1.65. The minimum Gasteiger partial charge on any atom is -0.444 e. The van der Waals surface area contributed by atoms with E-state index in [1.807, 2.05) is 35.2 Å². The predicted octanol–water partition coefficient (Wildman–Crippen LogP) is 6.26. The second-order valence-corrected chi connectivity index (χ2v) is 8.98. The van der Waals surface area contributed by atoms with Crippen molar-refractivity contribution in [2.75, 3.05) is 4.90 Å². The molecule has 1 aliphatic heterocycles. The summed E-state index contributed by atoms with van der Waals surface area (Å²) in [5, 5.41) is 0. The van der Waals surface area contributed by atoms with Crippen molar-refractivity contribution in [1.82, 2.24) is 0 Å². The third kappa shape index (κ3) is 3.96. The molecule has 3 rings (SSSR count). The topological polar surface area (TPSA) is 29.5 Å². The largest absolute Gasteiger partial charge is 0.444 e. The molecule has 1 amide bonds. The second-order valence-electron chi connectivity index (χ2n) is 8.06. The maximum Gasteiger partial charge on any atom is 0.414 e. The van der Waals surface area contributed by atoms with E-state index < -0.39 is 0 Å². The van der Waals surface area contributed by atoms with Gasteiger partial charge in [0.05, 0.1) is 5.69 Å². The highest BCUT2D eigenvalue weighted by molar-refractivity contribution is 9.10. The standard InChI is InChI=1S/C22H26BrNO2/c1-15-12-18(23)13-17-10-11-19(22(2,3)4)24(20(15)17)21(25)26-14-16-8-6-5-7-9-16/h5-9,12-13,19H,10-11,14H2,1-4H3. The smallest absolute Gasteiger partial charge is 0.414 e. The Balaban J connectivity index is 1.93. The first-order valence-corrected chi connectivity index (χ1v) is 9.85. The molecule has 0 fully saturated rings. The van der Waals surface area contributed by atoms with Crippen LogP contribution in [0.25, 0.3) is 0 Å². The van der Waals surface area contributed by atoms with Crippen molar-refractivity contribution < 1.29 is 9.53 Å². The lowest BCUT2D eigenvalue weighted by molar-refractivity contribution is 0.136. The van der Waals surface area contributed by atoms with Crippen LogP contribution in [0.4, 0.5) is 10.5 Å². The first-order chi connectivity index (χ1) is 12.3. The number of fused-ring (bicyclic) bond motifs is 1. The van der Waals surface area contributed by atoms with Crippen molar-refractivity contribution >= 4 is 27.7 Å². The highest BCUT2D eigenvalue weighted by Gasteiger charge is 2.39. The first-order valence-electron chi connectivity index (χ1n) is 9.06. The molecule has 138 valence electrons. The van der Waals surface area contributed by atoms with Crippen LogP contribution in [0.3, 0.4) is 0 Å². The van der Waals surface area contributed by atoms with Gasteiger partial charge in [-0.15, -0.1) is 0 Å². The van der Waals surface area contributed by atoms with Gasteiger partial charge in [0.15, 0.2) is 0 Å². The van der Waals surface area contributed by atoms with E-state index in [2.05, 4.69) is 55.8 Å². The van der Waals surface area contributed by atoms with Gasteiger partial charge in [-0.2, -0.15) is 0 Å². The first kappa shape index (κ1) is 19.0. The van der Waals surface area contributed by atoms with E-state index >= 15 is 0 Å². The summed E-state index contributed by atoms with van der Waals surface area (Å²) in [5.74, 6) is 0. The number of anilines is 1. The molecule has 0 bridgehead atoms. The lowest BCUT2D eigenvalue weighted by Gasteiger charge is -2.44. The van der Waals surface area contributed by atoms with Crippen LogP contribution in [0.15, 0.2) is 46.9 Å². The van der Waals surface area contributed by atoms with Crippen LogP contribution in [0.1, 0.15) is 43.9 Å². The average Bonchev–Trinajstić information content (AvgIpc) is 2.58. The Bertz CT molecular complexity index is 796. The Morgan fingerprint density at radius 3 is 2.58 bits per heavy atom. The van der Waals surface area contributed by atoms with Crippen molar-refractivity contribution in [2.45, 2.75) is 53.2 Å². The molecule has 0 aromatic heterocycles. The maximum atomic E-state index is 13.1. The molecule has 1 atom stereocenters. The maximum absolute atomic E-state index is 13.1. The fourth-order valence-electron chi connectivity index (χ4n) is 3.75. The summed E-state index contributed by atoms with van der Waals surface area (Å²) in [6.45, 7) is 8.92. The summed E-state index contributed by atoms with van der Waals surface area (Å²) in [4.78, 5) is 15.0. The summed E-state index contributed by atoms with van der Waals surface area (Å²) in [5.41, 5.74) is 4.28. The number of halogens is 1. The molecular formula is C22H26BrNO2. The summed E-state index contributed by atoms with van der Waals surface area (Å²) < 4.78 is 6.77. The Morgan fingerprint density at radius 2 is 1.92 bits per heavy atom. The molecule has 2 aromatic carbocycles. The number of hydrogen-bond donors (Lipinski definition) is 0. The van der Waals surface area contributed by atoms with E-state index in [1.165, 1.54) is 5.56 Å². The lowest BCUT2D eigenvalue weighted by Crippen LogP contribution is -2.50. The molecule has 26 heavy (non-hydrogen) atoms. The van der Waals surface area contributed by atoms with Crippen LogP contribution in [0.2, 0.25) is 0 Å². The van der Waals surface area contributed by atoms with Gasteiger partial charge in [0.1, 0.15) is 6.61 Å². The Labute approximate surface area is 164 Å². The van der Waals surface area contributed by atoms with E-state index in [0.29, 0.717) is 0 Å². The van der Waals surface area contributed by atoms with E-state index in [0.717, 1.165) is 34.1 Å². The number of nitrogens with zero attached hydrogens (tertiary/aromatic N) is 1. The van der Waals surface area contributed by atoms with E-state index in [4.69, 9.17) is 4.74 Å². The van der Waals surface area contributed by atoms with E-state index in [-0.39, 0.29) is 24.2 Å². The van der Waals surface area contributed by atoms with Crippen molar-refractivity contribution in [1.29, 1.82) is 0 Å². The third-order valence-corrected chi connectivity index (χ3v) is 5.44. The van der Waals surface area contributed by atoms with Crippen molar-refractivity contribution in [3.8, 4) is 0 Å². The van der Waals surface area contributed by atoms with Crippen LogP contribution in [-0.2, 0) is 17.8 Å². The number of aryl methyl sites for hydroxylation is 2. The summed E-state index contributed by atoms with van der Waals surface area (Å²) >= 11 is 3.58. The molecule has 1 aliphatic rings. The molecule has 0 spiro atoms. The highest BCUT2D eigenvalue weighted by atomic mass is 79.9. The number of rotatable bonds is 2. The van der Waals surface area contributed by atoms with Gasteiger partial charge in [0.2, 0.25) is 0 Å². The highest BCUT2D eigenvalue weighted by Crippen LogP contribution is 2.41. The molecule has 0 saturated heterocycles. The molecular weight excluding hydrogens is 390 g/mol. The fraction of sp³-hybridized carbons (Fsp3) is 0.409. The molecule has 2 aromatic rings. The van der Waals surface area contributed by atoms with Gasteiger partial charge in [-0.05, 0) is 54.0 Å². The Hall–Kier alpha value is -1.81. The Morgan fingerprint density at radius 1 is 1.23 bits per heavy atom. The molecule has 1 heterocycles. The summed E-state index contributed by atoms with van der Waals surface area (Å²) in [6, 6.07) is 14.1. The van der Waals surface area contributed by atoms with Crippen LogP contribution in [0.5, 0.6) is 0 Å². The van der Waals surface area contributed by atoms with Gasteiger partial charge in [0.25, 0.3) is 0 Å². The molecule has 1 unspecified atom stereocenters. The summed E-state index contributed by atoms with van der Waals surface area (Å²) in [7, 11) is 0. The van der Waals surface area contributed by atoms with Crippen molar-refractivity contribution in [3.05, 3.63) is 63.6 Å². The van der Waals surface area contributed by atoms with Crippen LogP contribution in [-0.4, -0.2) is 12.1 Å². The number of carbonyl (C=O) groups is 1. The van der Waals surface area contributed by atoms with Gasteiger partial charge in [0, 0.05) is 10.5 Å². The van der Waals surface area contributed by atoms with Crippen LogP contribution in [0, 0.1) is 12.3 Å². The monoisotopic (exact) mass is 415 g/mol. The minimum absolute atomic E-state index is 0.0248. The third-order valence-electron chi connectivity index (χ3n) is 4.99. The minimum atomic E-state index is -0.264. The van der Waals surface area contributed by atoms with E-state index in [1.54, 1.807) is 0 Å². The molecule has 0 saturated carbocycles. The van der Waals surface area contributed by atoms with Gasteiger partial charge in [-0.3, -0.25) is 4.90 Å². The molecule has 0 radical (unpaired) electrons. The van der Waals surface area contributed by atoms with Gasteiger partial charge in [-0.1, -0.05) is 67.0 Å². The number of amides is 1. The van der Waals surface area contributed by atoms with Crippen molar-refractivity contribution in [3.63, 3.8) is 0 Å². The molecule has 0 aliphatic carbocycles. The predicted molar refractivity (Wildman–Crippen MR) is 110 cm³/mol. The average molecular weight is 416 g/mol. The number of ether oxygens (including phenoxy) is 1. The number of carbonyl (C=O) groups excluding carboxylic acids is 1. The SMILES string of the molecule is Cc1cc(Br)cc2c1N(C(=O)OCc1ccccc1)C(C(C)(C)C)CC2. The molecule has 0 N–H and O–H groups in total. The zero-order chi connectivity index (χ0) is 18.9. The van der Waals surface area contributed by atoms with Gasteiger partial charge >= 0.3 is 6.09 Å². The molecule has 4 heteroatoms. The zero-order valence-electron chi connectivity index (χ0n) is 15.9. The van der Waals surface area contributed by atoms with Crippen LogP contribution < -0.4 is 4.90 Å². The second kappa shape index (κ2) is 7.43. The quantitative estimate of drug-likeness (QED) is 0.578. The lowest BCUT2D eigenvalue weighted by atomic mass is 9.79. The van der Waals surface area contributed by atoms with Gasteiger partial charge < -0.3 is 4.74 Å². The number of benzene rings is 2. The van der Waals surface area contributed by atoms with Gasteiger partial charge in [-0.25, -0.2) is 4.79 Å². The zero-order valence-corrected chi connectivity index (χ0v) is 17.5.